The number of thiazole rings is 1. The van der Waals surface area contributed by atoms with E-state index in [0.29, 0.717) is 45.9 Å². The molecule has 1 aliphatic carbocycles. The van der Waals surface area contributed by atoms with E-state index < -0.39 is 15.9 Å². The van der Waals surface area contributed by atoms with Crippen molar-refractivity contribution in [2.24, 2.45) is 5.92 Å². The van der Waals surface area contributed by atoms with Crippen LogP contribution in [0.25, 0.3) is 10.3 Å². The van der Waals surface area contributed by atoms with Crippen molar-refractivity contribution in [1.29, 1.82) is 0 Å². The van der Waals surface area contributed by atoms with Crippen LogP contribution in [0.3, 0.4) is 0 Å². The van der Waals surface area contributed by atoms with Crippen LogP contribution in [-0.2, 0) is 21.2 Å². The molecule has 3 heterocycles. The van der Waals surface area contributed by atoms with Gasteiger partial charge in [0.25, 0.3) is 0 Å². The van der Waals surface area contributed by atoms with Gasteiger partial charge in [0.15, 0.2) is 5.13 Å². The van der Waals surface area contributed by atoms with Crippen LogP contribution in [0.2, 0.25) is 0 Å². The number of hydrogen-bond donors (Lipinski definition) is 2. The zero-order chi connectivity index (χ0) is 26.5. The quantitative estimate of drug-likeness (QED) is 0.264. The average Bonchev–Trinajstić information content (AvgIpc) is 3.69. The highest BCUT2D eigenvalue weighted by Crippen LogP contribution is 2.36. The molecule has 0 spiro atoms. The van der Waals surface area contributed by atoms with E-state index in [1.165, 1.54) is 24.2 Å². The van der Waals surface area contributed by atoms with Crippen molar-refractivity contribution >= 4 is 42.7 Å². The van der Waals surface area contributed by atoms with Crippen LogP contribution >= 0.6 is 11.3 Å². The van der Waals surface area contributed by atoms with Gasteiger partial charge in [-0.05, 0) is 48.2 Å². The van der Waals surface area contributed by atoms with Crippen molar-refractivity contribution in [3.63, 3.8) is 0 Å². The summed E-state index contributed by atoms with van der Waals surface area (Å²) in [6.45, 7) is 0.229. The van der Waals surface area contributed by atoms with Gasteiger partial charge >= 0.3 is 0 Å². The van der Waals surface area contributed by atoms with Crippen molar-refractivity contribution in [1.82, 2.24) is 14.7 Å². The summed E-state index contributed by atoms with van der Waals surface area (Å²) in [5, 5.41) is 3.45. The van der Waals surface area contributed by atoms with Crippen LogP contribution < -0.4 is 14.8 Å². The first-order valence-electron chi connectivity index (χ1n) is 12.7. The summed E-state index contributed by atoms with van der Waals surface area (Å²) in [7, 11) is -2.13. The third kappa shape index (κ3) is 6.23. The molecule has 3 aromatic heterocycles. The molecule has 1 atom stereocenters. The first-order valence-corrected chi connectivity index (χ1v) is 15.0. The van der Waals surface area contributed by atoms with Gasteiger partial charge in [0.2, 0.25) is 21.8 Å². The lowest BCUT2D eigenvalue weighted by molar-refractivity contribution is -0.118. The highest BCUT2D eigenvalue weighted by atomic mass is 32.2. The summed E-state index contributed by atoms with van der Waals surface area (Å²) < 4.78 is 38.6. The summed E-state index contributed by atoms with van der Waals surface area (Å²) in [6, 6.07) is 13.7. The van der Waals surface area contributed by atoms with Crippen LogP contribution in [0.5, 0.6) is 5.88 Å². The van der Waals surface area contributed by atoms with E-state index in [-0.39, 0.29) is 17.3 Å². The Morgan fingerprint density at radius 1 is 1.13 bits per heavy atom. The number of hydrogen-bond acceptors (Lipinski definition) is 8. The fraction of sp³-hybridized carbons (Fsp3) is 0.370. The zero-order valence-electron chi connectivity index (χ0n) is 21.1. The molecule has 5 rings (SSSR count). The molecule has 0 bridgehead atoms. The smallest absolute Gasteiger partial charge is 0.240 e. The van der Waals surface area contributed by atoms with Crippen LogP contribution in [0.4, 0.5) is 5.13 Å². The average molecular weight is 555 g/mol. The number of methoxy groups -OCH3 is 1. The third-order valence-electron chi connectivity index (χ3n) is 6.87. The maximum atomic E-state index is 13.5. The molecule has 4 aromatic rings. The molecular formula is C27H30N4O5S2. The minimum Gasteiger partial charge on any atom is -0.481 e. The summed E-state index contributed by atoms with van der Waals surface area (Å²) in [4.78, 5) is 23.2. The Kier molecular flexibility index (Phi) is 8.06. The molecule has 0 saturated heterocycles. The van der Waals surface area contributed by atoms with Gasteiger partial charge in [0.1, 0.15) is 16.1 Å². The number of pyridine rings is 1. The highest BCUT2D eigenvalue weighted by molar-refractivity contribution is 7.89. The van der Waals surface area contributed by atoms with Gasteiger partial charge in [-0.1, -0.05) is 49.2 Å². The van der Waals surface area contributed by atoms with E-state index in [0.717, 1.165) is 18.4 Å². The summed E-state index contributed by atoms with van der Waals surface area (Å²) in [5.74, 6) is 1.08. The number of fused-ring (bicyclic) bond motifs is 1. The van der Waals surface area contributed by atoms with Gasteiger partial charge in [-0.2, -0.15) is 0 Å². The highest BCUT2D eigenvalue weighted by Gasteiger charge is 2.28. The summed E-state index contributed by atoms with van der Waals surface area (Å²) in [6.07, 6.45) is 7.27. The zero-order valence-corrected chi connectivity index (χ0v) is 22.7. The van der Waals surface area contributed by atoms with Crippen LogP contribution in [0, 0.1) is 5.92 Å². The number of sulfonamides is 1. The monoisotopic (exact) mass is 554 g/mol. The predicted octanol–water partition coefficient (Wildman–Crippen LogP) is 5.12. The number of carbonyl (C=O) groups is 1. The Morgan fingerprint density at radius 3 is 2.63 bits per heavy atom. The number of rotatable bonds is 11. The van der Waals surface area contributed by atoms with Gasteiger partial charge in [-0.15, -0.1) is 0 Å². The normalized spacial score (nSPS) is 15.1. The van der Waals surface area contributed by atoms with E-state index in [4.69, 9.17) is 9.15 Å². The SMILES string of the molecule is COc1ccc2nc(NC(=O)C(CC3CCCC3)c3ccc(S(=O)(=O)NCCc4ccco4)cc3)sc2n1. The number of nitrogens with one attached hydrogen (secondary N) is 2. The first kappa shape index (κ1) is 26.3. The summed E-state index contributed by atoms with van der Waals surface area (Å²) >= 11 is 1.29. The van der Waals surface area contributed by atoms with Gasteiger partial charge < -0.3 is 14.5 Å². The van der Waals surface area contributed by atoms with Crippen LogP contribution in [-0.4, -0.2) is 37.9 Å². The fourth-order valence-corrected chi connectivity index (χ4v) is 6.72. The van der Waals surface area contributed by atoms with E-state index in [9.17, 15) is 13.2 Å². The number of ether oxygens (including phenoxy) is 1. The molecule has 1 fully saturated rings. The largest absolute Gasteiger partial charge is 0.481 e. The third-order valence-corrected chi connectivity index (χ3v) is 9.22. The van der Waals surface area contributed by atoms with Crippen molar-refractivity contribution in [3.8, 4) is 5.88 Å². The van der Waals surface area contributed by atoms with E-state index >= 15 is 0 Å². The molecule has 0 aliphatic heterocycles. The molecule has 9 nitrogen and oxygen atoms in total. The molecular weight excluding hydrogens is 524 g/mol. The molecule has 38 heavy (non-hydrogen) atoms. The number of benzene rings is 1. The maximum Gasteiger partial charge on any atom is 0.240 e. The van der Waals surface area contributed by atoms with Crippen molar-refractivity contribution in [2.75, 3.05) is 19.0 Å². The van der Waals surface area contributed by atoms with Gasteiger partial charge in [-0.3, -0.25) is 4.79 Å². The lowest BCUT2D eigenvalue weighted by Crippen LogP contribution is -2.26. The molecule has 1 aliphatic rings. The molecule has 200 valence electrons. The van der Waals surface area contributed by atoms with Crippen LogP contribution in [0.1, 0.15) is 49.3 Å². The number of anilines is 1. The van der Waals surface area contributed by atoms with E-state index in [1.54, 1.807) is 55.8 Å². The minimum atomic E-state index is -3.69. The van der Waals surface area contributed by atoms with Gasteiger partial charge in [-0.25, -0.2) is 23.1 Å². The van der Waals surface area contributed by atoms with E-state index in [2.05, 4.69) is 20.0 Å². The number of furan rings is 1. The Morgan fingerprint density at radius 2 is 1.92 bits per heavy atom. The standard InChI is InChI=1S/C27H30N4O5S2/c1-35-24-13-12-23-26(30-24)37-27(29-23)31-25(32)22(17-18-5-2-3-6-18)19-8-10-21(11-9-19)38(33,34)28-15-14-20-7-4-16-36-20/h4,7-13,16,18,22,28H,2-3,5-6,14-15,17H2,1H3,(H,29,31,32). The van der Waals surface area contributed by atoms with Gasteiger partial charge in [0.05, 0.1) is 24.2 Å². The molecule has 0 radical (unpaired) electrons. The lowest BCUT2D eigenvalue weighted by Gasteiger charge is -2.20. The molecule has 1 amide bonds. The van der Waals surface area contributed by atoms with E-state index in [1.807, 2.05) is 6.07 Å². The lowest BCUT2D eigenvalue weighted by atomic mass is 9.87. The predicted molar refractivity (Wildman–Crippen MR) is 146 cm³/mol. The molecule has 11 heteroatoms. The number of amides is 1. The van der Waals surface area contributed by atoms with Crippen molar-refractivity contribution in [2.45, 2.75) is 49.3 Å². The second kappa shape index (κ2) is 11.6. The second-order valence-corrected chi connectivity index (χ2v) is 12.2. The molecule has 1 saturated carbocycles. The molecule has 1 unspecified atom stereocenters. The van der Waals surface area contributed by atoms with Gasteiger partial charge in [0, 0.05) is 19.0 Å². The van der Waals surface area contributed by atoms with Crippen molar-refractivity contribution < 1.29 is 22.4 Å². The first-order chi connectivity index (χ1) is 18.4. The Hall–Kier alpha value is -3.28. The molecule has 2 N–H and O–H groups in total. The Bertz CT molecular complexity index is 1480. The maximum absolute atomic E-state index is 13.5. The van der Waals surface area contributed by atoms with Crippen LogP contribution in [0.15, 0.2) is 64.1 Å². The Labute approximate surface area is 225 Å². The number of aromatic nitrogens is 2. The minimum absolute atomic E-state index is 0.157. The molecule has 1 aromatic carbocycles. The number of carbonyl (C=O) groups excluding carboxylic acids is 1. The summed E-state index contributed by atoms with van der Waals surface area (Å²) in [5.41, 5.74) is 1.47. The van der Waals surface area contributed by atoms with Crippen molar-refractivity contribution in [3.05, 3.63) is 66.1 Å². The second-order valence-electron chi connectivity index (χ2n) is 9.42. The fourth-order valence-electron chi connectivity index (χ4n) is 4.86. The Balaban J connectivity index is 1.31. The number of nitrogens with zero attached hydrogens (tertiary/aromatic N) is 2. The topological polar surface area (TPSA) is 123 Å².